The molecule has 0 aliphatic heterocycles. The molecule has 3 rings (SSSR count). The molecule has 5 nitrogen and oxygen atoms in total. The number of hydrogen-bond donors (Lipinski definition) is 2. The number of amides is 1. The lowest BCUT2D eigenvalue weighted by molar-refractivity contribution is -0.925. The van der Waals surface area contributed by atoms with Gasteiger partial charge in [0.1, 0.15) is 13.2 Å². The Morgan fingerprint density at radius 2 is 1.90 bits per heavy atom. The van der Waals surface area contributed by atoms with Crippen molar-refractivity contribution >= 4 is 22.9 Å². The number of thiophene rings is 1. The summed E-state index contributed by atoms with van der Waals surface area (Å²) in [7, 11) is 1.65. The van der Waals surface area contributed by atoms with E-state index < -0.39 is 0 Å². The van der Waals surface area contributed by atoms with Crippen LogP contribution in [0.25, 0.3) is 0 Å². The van der Waals surface area contributed by atoms with Crippen molar-refractivity contribution in [3.63, 3.8) is 0 Å². The van der Waals surface area contributed by atoms with Gasteiger partial charge in [0.2, 0.25) is 0 Å². The Morgan fingerprint density at radius 1 is 1.10 bits per heavy atom. The topological polar surface area (TPSA) is 52.0 Å². The van der Waals surface area contributed by atoms with E-state index in [2.05, 4.69) is 18.3 Å². The molecule has 0 saturated heterocycles. The van der Waals surface area contributed by atoms with Crippen LogP contribution in [-0.4, -0.2) is 25.6 Å². The number of anilines is 1. The number of methoxy groups -OCH3 is 1. The second-order valence-electron chi connectivity index (χ2n) is 7.12. The summed E-state index contributed by atoms with van der Waals surface area (Å²) in [6.45, 7) is 6.14. The number of carbonyl (C=O) groups is 1. The zero-order chi connectivity index (χ0) is 21.3. The first kappa shape index (κ1) is 21.9. The zero-order valence-electron chi connectivity index (χ0n) is 17.7. The summed E-state index contributed by atoms with van der Waals surface area (Å²) in [5.74, 6) is 1.45. The summed E-state index contributed by atoms with van der Waals surface area (Å²) in [5, 5.41) is 5.04. The van der Waals surface area contributed by atoms with Crippen LogP contribution in [0.4, 0.5) is 5.69 Å². The van der Waals surface area contributed by atoms with Crippen molar-refractivity contribution in [2.75, 3.05) is 19.0 Å². The molecular formula is C24H29N2O3S+. The fourth-order valence-electron chi connectivity index (χ4n) is 3.29. The number of nitrogens with one attached hydrogen (secondary N) is 2. The number of para-hydroxylation sites is 1. The number of benzene rings is 2. The Hall–Kier alpha value is -2.83. The van der Waals surface area contributed by atoms with Gasteiger partial charge in [-0.25, -0.2) is 0 Å². The van der Waals surface area contributed by atoms with Crippen LogP contribution in [0.3, 0.4) is 0 Å². The van der Waals surface area contributed by atoms with E-state index in [0.29, 0.717) is 12.4 Å². The molecule has 3 aromatic rings. The first-order chi connectivity index (χ1) is 14.6. The Bertz CT molecular complexity index is 929. The second kappa shape index (κ2) is 10.8. The average molecular weight is 426 g/mol. The highest BCUT2D eigenvalue weighted by atomic mass is 32.1. The molecule has 1 unspecified atom stereocenters. The molecule has 1 heterocycles. The molecule has 1 aromatic heterocycles. The van der Waals surface area contributed by atoms with E-state index in [1.807, 2.05) is 66.9 Å². The minimum Gasteiger partial charge on any atom is -0.493 e. The van der Waals surface area contributed by atoms with Crippen molar-refractivity contribution < 1.29 is 19.2 Å². The molecule has 2 N–H and O–H groups in total. The van der Waals surface area contributed by atoms with Crippen LogP contribution in [0, 0.1) is 0 Å². The Balaban J connectivity index is 1.64. The number of carbonyl (C=O) groups excluding carboxylic acids is 1. The van der Waals surface area contributed by atoms with Gasteiger partial charge < -0.3 is 19.7 Å². The molecule has 0 fully saturated rings. The van der Waals surface area contributed by atoms with Crippen LogP contribution in [0.15, 0.2) is 66.0 Å². The van der Waals surface area contributed by atoms with Crippen LogP contribution in [0.1, 0.15) is 24.3 Å². The van der Waals surface area contributed by atoms with Crippen molar-refractivity contribution in [3.05, 3.63) is 76.5 Å². The molecule has 30 heavy (non-hydrogen) atoms. The largest absolute Gasteiger partial charge is 0.493 e. The number of hydrogen-bond acceptors (Lipinski definition) is 4. The molecular weight excluding hydrogens is 396 g/mol. The van der Waals surface area contributed by atoms with Gasteiger partial charge in [0.05, 0.1) is 13.7 Å². The third-order valence-electron chi connectivity index (χ3n) is 5.11. The summed E-state index contributed by atoms with van der Waals surface area (Å²) in [5.41, 5.74) is 1.92. The molecule has 6 heteroatoms. The quantitative estimate of drug-likeness (QED) is 0.520. The van der Waals surface area contributed by atoms with Crippen LogP contribution in [0.2, 0.25) is 0 Å². The lowest BCUT2D eigenvalue weighted by atomic mass is 10.1. The van der Waals surface area contributed by atoms with E-state index in [-0.39, 0.29) is 11.9 Å². The third kappa shape index (κ3) is 5.84. The number of ether oxygens (including phenoxy) is 2. The Kier molecular flexibility index (Phi) is 7.88. The van der Waals surface area contributed by atoms with E-state index >= 15 is 0 Å². The van der Waals surface area contributed by atoms with Crippen LogP contribution in [-0.2, 0) is 17.9 Å². The maximum absolute atomic E-state index is 12.7. The monoisotopic (exact) mass is 425 g/mol. The highest BCUT2D eigenvalue weighted by Gasteiger charge is 2.24. The first-order valence-corrected chi connectivity index (χ1v) is 11.0. The van der Waals surface area contributed by atoms with Gasteiger partial charge in [0.15, 0.2) is 17.5 Å². The van der Waals surface area contributed by atoms with E-state index in [9.17, 15) is 4.79 Å². The van der Waals surface area contributed by atoms with Gasteiger partial charge in [-0.1, -0.05) is 24.3 Å². The SMILES string of the molecule is CC[NH+](Cc1ccc(OCc2cccs2)c(OC)c1)[C@H](C)C(=O)Nc1ccccc1. The second-order valence-corrected chi connectivity index (χ2v) is 8.15. The van der Waals surface area contributed by atoms with Crippen molar-refractivity contribution in [2.24, 2.45) is 0 Å². The minimum atomic E-state index is -0.184. The lowest BCUT2D eigenvalue weighted by Gasteiger charge is -2.24. The molecule has 0 bridgehead atoms. The van der Waals surface area contributed by atoms with Gasteiger partial charge in [0.25, 0.3) is 5.91 Å². The molecule has 0 aliphatic rings. The van der Waals surface area contributed by atoms with Gasteiger partial charge in [-0.3, -0.25) is 4.79 Å². The van der Waals surface area contributed by atoms with Gasteiger partial charge in [-0.2, -0.15) is 0 Å². The maximum Gasteiger partial charge on any atom is 0.282 e. The van der Waals surface area contributed by atoms with Crippen LogP contribution in [0.5, 0.6) is 11.5 Å². The van der Waals surface area contributed by atoms with Crippen molar-refractivity contribution in [1.82, 2.24) is 0 Å². The fourth-order valence-corrected chi connectivity index (χ4v) is 3.90. The van der Waals surface area contributed by atoms with Crippen LogP contribution < -0.4 is 19.7 Å². The highest BCUT2D eigenvalue weighted by molar-refractivity contribution is 7.09. The molecule has 2 atom stereocenters. The van der Waals surface area contributed by atoms with Gasteiger partial charge in [0, 0.05) is 16.1 Å². The fraction of sp³-hybridized carbons (Fsp3) is 0.292. The number of rotatable bonds is 10. The van der Waals surface area contributed by atoms with Gasteiger partial charge >= 0.3 is 0 Å². The summed E-state index contributed by atoms with van der Waals surface area (Å²) in [6, 6.07) is 19.4. The normalized spacial score (nSPS) is 12.8. The van der Waals surface area contributed by atoms with Crippen molar-refractivity contribution in [1.29, 1.82) is 0 Å². The maximum atomic E-state index is 12.7. The molecule has 0 aliphatic carbocycles. The van der Waals surface area contributed by atoms with E-state index in [4.69, 9.17) is 9.47 Å². The molecule has 1 amide bonds. The molecule has 0 saturated carbocycles. The third-order valence-corrected chi connectivity index (χ3v) is 5.96. The van der Waals surface area contributed by atoms with E-state index in [1.54, 1.807) is 18.4 Å². The van der Waals surface area contributed by atoms with Crippen LogP contribution >= 0.6 is 11.3 Å². The molecule has 158 valence electrons. The van der Waals surface area contributed by atoms with Crippen molar-refractivity contribution in [2.45, 2.75) is 33.0 Å². The summed E-state index contributed by atoms with van der Waals surface area (Å²) in [6.07, 6.45) is 0. The Labute approximate surface area is 182 Å². The smallest absolute Gasteiger partial charge is 0.282 e. The Morgan fingerprint density at radius 3 is 2.57 bits per heavy atom. The van der Waals surface area contributed by atoms with E-state index in [0.717, 1.165) is 30.1 Å². The first-order valence-electron chi connectivity index (χ1n) is 10.1. The molecule has 0 radical (unpaired) electrons. The summed E-state index contributed by atoms with van der Waals surface area (Å²) < 4.78 is 11.5. The van der Waals surface area contributed by atoms with Gasteiger partial charge in [-0.15, -0.1) is 11.3 Å². The molecule has 2 aromatic carbocycles. The average Bonchev–Trinajstić information content (AvgIpc) is 3.30. The zero-order valence-corrected chi connectivity index (χ0v) is 18.5. The predicted molar refractivity (Wildman–Crippen MR) is 121 cm³/mol. The minimum absolute atomic E-state index is 0.0147. The number of quaternary nitrogens is 1. The number of likely N-dealkylation sites (N-methyl/N-ethyl adjacent to an activating group) is 1. The highest BCUT2D eigenvalue weighted by Crippen LogP contribution is 2.29. The van der Waals surface area contributed by atoms with Crippen molar-refractivity contribution in [3.8, 4) is 11.5 Å². The van der Waals surface area contributed by atoms with Gasteiger partial charge in [-0.05, 0) is 55.6 Å². The van der Waals surface area contributed by atoms with E-state index in [1.165, 1.54) is 9.78 Å². The molecule has 0 spiro atoms. The summed E-state index contributed by atoms with van der Waals surface area (Å²) in [4.78, 5) is 15.0. The lowest BCUT2D eigenvalue weighted by Crippen LogP contribution is -3.15. The summed E-state index contributed by atoms with van der Waals surface area (Å²) >= 11 is 1.67. The standard InChI is InChI=1S/C24H28N2O3S/c1-4-26(18(2)24(27)25-20-9-6-5-7-10-20)16-19-12-13-22(23(15-19)28-3)29-17-21-11-8-14-30-21/h5-15,18H,4,16-17H2,1-3H3,(H,25,27)/p+1/t18-/m1/s1. The predicted octanol–water partition coefficient (Wildman–Crippen LogP) is 3.77.